The Kier molecular flexibility index (Phi) is 5.78. The fourth-order valence-electron chi connectivity index (χ4n) is 1.37. The minimum atomic E-state index is -0.667. The summed E-state index contributed by atoms with van der Waals surface area (Å²) >= 11 is 0. The fraction of sp³-hybridized carbons (Fsp3) is 1.00. The van der Waals surface area contributed by atoms with Crippen molar-refractivity contribution in [3.8, 4) is 0 Å². The first-order valence-corrected chi connectivity index (χ1v) is 5.77. The van der Waals surface area contributed by atoms with Gasteiger partial charge in [-0.05, 0) is 40.8 Å². The number of likely N-dealkylation sites (N-methyl/N-ethyl adjacent to an activating group) is 1. The quantitative estimate of drug-likeness (QED) is 0.703. The van der Waals surface area contributed by atoms with Gasteiger partial charge in [0, 0.05) is 18.6 Å². The van der Waals surface area contributed by atoms with Crippen LogP contribution in [-0.2, 0) is 0 Å². The summed E-state index contributed by atoms with van der Waals surface area (Å²) in [4.78, 5) is 2.18. The van der Waals surface area contributed by atoms with Gasteiger partial charge in [0.05, 0.1) is 5.60 Å². The van der Waals surface area contributed by atoms with Crippen molar-refractivity contribution < 1.29 is 5.11 Å². The molecule has 0 spiro atoms. The first kappa shape index (κ1) is 14.9. The molecule has 0 radical (unpaired) electrons. The van der Waals surface area contributed by atoms with Gasteiger partial charge in [0.1, 0.15) is 0 Å². The van der Waals surface area contributed by atoms with Crippen LogP contribution < -0.4 is 5.32 Å². The van der Waals surface area contributed by atoms with E-state index in [4.69, 9.17) is 0 Å². The lowest BCUT2D eigenvalue weighted by Crippen LogP contribution is -2.53. The molecule has 0 aromatic rings. The van der Waals surface area contributed by atoms with E-state index in [1.54, 1.807) is 0 Å². The zero-order valence-corrected chi connectivity index (χ0v) is 11.3. The maximum absolute atomic E-state index is 9.87. The van der Waals surface area contributed by atoms with E-state index in [0.717, 1.165) is 6.54 Å². The Bertz CT molecular complexity index is 173. The largest absolute Gasteiger partial charge is 0.389 e. The molecule has 92 valence electrons. The number of nitrogens with zero attached hydrogens (tertiary/aromatic N) is 1. The molecule has 0 bridgehead atoms. The third-order valence-electron chi connectivity index (χ3n) is 2.89. The van der Waals surface area contributed by atoms with Gasteiger partial charge in [-0.3, -0.25) is 0 Å². The molecular weight excluding hydrogens is 188 g/mol. The molecule has 0 rings (SSSR count). The minimum Gasteiger partial charge on any atom is -0.389 e. The number of nitrogens with one attached hydrogen (secondary N) is 1. The highest BCUT2D eigenvalue weighted by molar-refractivity contribution is 4.85. The van der Waals surface area contributed by atoms with E-state index >= 15 is 0 Å². The molecule has 3 heteroatoms. The van der Waals surface area contributed by atoms with Crippen molar-refractivity contribution in [2.75, 3.05) is 20.6 Å². The molecule has 2 unspecified atom stereocenters. The highest BCUT2D eigenvalue weighted by Crippen LogP contribution is 2.11. The first-order chi connectivity index (χ1) is 6.64. The highest BCUT2D eigenvalue weighted by atomic mass is 16.3. The van der Waals surface area contributed by atoms with Gasteiger partial charge < -0.3 is 15.3 Å². The summed E-state index contributed by atoms with van der Waals surface area (Å²) < 4.78 is 0. The standard InChI is InChI=1S/C12H28N2O/c1-9(2)11(8-14(6)7)13-10(3)12(4,5)15/h9-11,13,15H,8H2,1-7H3. The molecule has 0 aliphatic carbocycles. The van der Waals surface area contributed by atoms with Gasteiger partial charge >= 0.3 is 0 Å². The van der Waals surface area contributed by atoms with E-state index in [0.29, 0.717) is 12.0 Å². The van der Waals surface area contributed by atoms with Crippen LogP contribution in [0.2, 0.25) is 0 Å². The molecule has 0 aliphatic heterocycles. The molecule has 0 aliphatic rings. The van der Waals surface area contributed by atoms with E-state index in [9.17, 15) is 5.11 Å². The molecule has 0 heterocycles. The van der Waals surface area contributed by atoms with E-state index in [1.807, 2.05) is 20.8 Å². The molecular formula is C12H28N2O. The Hall–Kier alpha value is -0.120. The smallest absolute Gasteiger partial charge is 0.0741 e. The molecule has 3 nitrogen and oxygen atoms in total. The summed E-state index contributed by atoms with van der Waals surface area (Å²) in [5, 5.41) is 13.4. The summed E-state index contributed by atoms with van der Waals surface area (Å²) in [6.07, 6.45) is 0. The number of hydrogen-bond donors (Lipinski definition) is 2. The normalized spacial score (nSPS) is 17.2. The van der Waals surface area contributed by atoms with E-state index in [2.05, 4.69) is 38.2 Å². The van der Waals surface area contributed by atoms with Crippen molar-refractivity contribution in [3.63, 3.8) is 0 Å². The molecule has 2 N–H and O–H groups in total. The predicted molar refractivity (Wildman–Crippen MR) is 66.1 cm³/mol. The first-order valence-electron chi connectivity index (χ1n) is 5.77. The zero-order valence-electron chi connectivity index (χ0n) is 11.3. The number of rotatable bonds is 6. The zero-order chi connectivity index (χ0) is 12.2. The van der Waals surface area contributed by atoms with Crippen LogP contribution in [0.3, 0.4) is 0 Å². The van der Waals surface area contributed by atoms with Gasteiger partial charge in [0.25, 0.3) is 0 Å². The van der Waals surface area contributed by atoms with Crippen molar-refractivity contribution in [1.29, 1.82) is 0 Å². The molecule has 0 saturated heterocycles. The third-order valence-corrected chi connectivity index (χ3v) is 2.89. The monoisotopic (exact) mass is 216 g/mol. The Morgan fingerprint density at radius 1 is 1.20 bits per heavy atom. The van der Waals surface area contributed by atoms with Crippen LogP contribution in [0.4, 0.5) is 0 Å². The maximum atomic E-state index is 9.87. The van der Waals surface area contributed by atoms with Gasteiger partial charge in [-0.25, -0.2) is 0 Å². The van der Waals surface area contributed by atoms with Crippen LogP contribution in [0, 0.1) is 5.92 Å². The second kappa shape index (κ2) is 5.83. The topological polar surface area (TPSA) is 35.5 Å². The maximum Gasteiger partial charge on any atom is 0.0741 e. The predicted octanol–water partition coefficient (Wildman–Crippen LogP) is 1.32. The van der Waals surface area contributed by atoms with Crippen LogP contribution in [0.1, 0.15) is 34.6 Å². The average Bonchev–Trinajstić information content (AvgIpc) is 1.99. The summed E-state index contributed by atoms with van der Waals surface area (Å²) in [7, 11) is 4.15. The molecule has 15 heavy (non-hydrogen) atoms. The van der Waals surface area contributed by atoms with Crippen LogP contribution in [0.15, 0.2) is 0 Å². The van der Waals surface area contributed by atoms with Gasteiger partial charge in [0.2, 0.25) is 0 Å². The third kappa shape index (κ3) is 6.13. The number of aliphatic hydroxyl groups is 1. The van der Waals surface area contributed by atoms with Gasteiger partial charge in [0.15, 0.2) is 0 Å². The summed E-state index contributed by atoms with van der Waals surface area (Å²) in [6.45, 7) is 11.1. The highest BCUT2D eigenvalue weighted by Gasteiger charge is 2.26. The second-order valence-corrected chi connectivity index (χ2v) is 5.65. The molecule has 0 fully saturated rings. The minimum absolute atomic E-state index is 0.102. The Balaban J connectivity index is 4.29. The molecule has 0 aromatic carbocycles. The lowest BCUT2D eigenvalue weighted by atomic mass is 9.96. The van der Waals surface area contributed by atoms with Crippen molar-refractivity contribution in [2.24, 2.45) is 5.92 Å². The second-order valence-electron chi connectivity index (χ2n) is 5.65. The molecule has 2 atom stereocenters. The van der Waals surface area contributed by atoms with Crippen molar-refractivity contribution in [2.45, 2.75) is 52.3 Å². The van der Waals surface area contributed by atoms with E-state index in [-0.39, 0.29) is 6.04 Å². The lowest BCUT2D eigenvalue weighted by molar-refractivity contribution is 0.0355. The van der Waals surface area contributed by atoms with Gasteiger partial charge in [-0.2, -0.15) is 0 Å². The average molecular weight is 216 g/mol. The van der Waals surface area contributed by atoms with Gasteiger partial charge in [-0.1, -0.05) is 13.8 Å². The Labute approximate surface area is 94.9 Å². The van der Waals surface area contributed by atoms with Crippen LogP contribution in [0.5, 0.6) is 0 Å². The van der Waals surface area contributed by atoms with Crippen LogP contribution >= 0.6 is 0 Å². The number of hydrogen-bond acceptors (Lipinski definition) is 3. The summed E-state index contributed by atoms with van der Waals surface area (Å²) in [5.74, 6) is 0.567. The van der Waals surface area contributed by atoms with Crippen molar-refractivity contribution in [3.05, 3.63) is 0 Å². The Morgan fingerprint density at radius 3 is 1.93 bits per heavy atom. The lowest BCUT2D eigenvalue weighted by Gasteiger charge is -2.34. The molecule has 0 saturated carbocycles. The van der Waals surface area contributed by atoms with E-state index in [1.165, 1.54) is 0 Å². The summed E-state index contributed by atoms with van der Waals surface area (Å²) in [5.41, 5.74) is -0.667. The Morgan fingerprint density at radius 2 is 1.67 bits per heavy atom. The van der Waals surface area contributed by atoms with Crippen molar-refractivity contribution in [1.82, 2.24) is 10.2 Å². The summed E-state index contributed by atoms with van der Waals surface area (Å²) in [6, 6.07) is 0.520. The van der Waals surface area contributed by atoms with E-state index < -0.39 is 5.60 Å². The van der Waals surface area contributed by atoms with Crippen molar-refractivity contribution >= 4 is 0 Å². The fourth-order valence-corrected chi connectivity index (χ4v) is 1.37. The van der Waals surface area contributed by atoms with Crippen LogP contribution in [-0.4, -0.2) is 48.3 Å². The van der Waals surface area contributed by atoms with Crippen LogP contribution in [0.25, 0.3) is 0 Å². The van der Waals surface area contributed by atoms with Gasteiger partial charge in [-0.15, -0.1) is 0 Å². The molecule has 0 aromatic heterocycles. The SMILES string of the molecule is CC(C)C(CN(C)C)NC(C)C(C)(C)O. The molecule has 0 amide bonds.